The second-order valence-electron chi connectivity index (χ2n) is 8.98. The minimum Gasteiger partial charge on any atom is -0.506 e. The van der Waals surface area contributed by atoms with Crippen LogP contribution in [0, 0.1) is 0 Å². The number of likely N-dealkylation sites (tertiary alicyclic amines) is 1. The molecule has 3 aromatic rings. The van der Waals surface area contributed by atoms with Gasteiger partial charge in [0.1, 0.15) is 5.75 Å². The molecule has 0 radical (unpaired) electrons. The maximum atomic E-state index is 12.2. The van der Waals surface area contributed by atoms with Crippen LogP contribution in [-0.4, -0.2) is 58.2 Å². The largest absolute Gasteiger partial charge is 0.506 e. The number of carbonyl (C=O) groups is 1. The van der Waals surface area contributed by atoms with Gasteiger partial charge in [-0.05, 0) is 61.3 Å². The lowest BCUT2D eigenvalue weighted by molar-refractivity contribution is -0.121. The number of halogens is 1. The molecule has 1 amide bonds. The third-order valence-electron chi connectivity index (χ3n) is 6.51. The summed E-state index contributed by atoms with van der Waals surface area (Å²) in [6.07, 6.45) is 1.55. The fourth-order valence-electron chi connectivity index (χ4n) is 4.45. The first-order valence-corrected chi connectivity index (χ1v) is 12.3. The number of aromatic hydroxyl groups is 1. The lowest BCUT2D eigenvalue weighted by Gasteiger charge is -2.32. The highest BCUT2D eigenvalue weighted by Crippen LogP contribution is 2.28. The lowest BCUT2D eigenvalue weighted by Crippen LogP contribution is -2.44. The summed E-state index contributed by atoms with van der Waals surface area (Å²) >= 11 is 5.89. The molecule has 8 nitrogen and oxygen atoms in total. The van der Waals surface area contributed by atoms with Gasteiger partial charge in [0.05, 0.1) is 11.6 Å². The van der Waals surface area contributed by atoms with Crippen molar-refractivity contribution >= 4 is 28.4 Å². The zero-order valence-electron chi connectivity index (χ0n) is 19.5. The van der Waals surface area contributed by atoms with E-state index in [1.54, 1.807) is 12.1 Å². The number of piperidine rings is 1. The highest BCUT2D eigenvalue weighted by Gasteiger charge is 2.21. The molecule has 0 unspecified atom stereocenters. The van der Waals surface area contributed by atoms with E-state index < -0.39 is 6.10 Å². The number of nitrogens with one attached hydrogen (secondary N) is 3. The van der Waals surface area contributed by atoms with Crippen LogP contribution in [0.4, 0.5) is 0 Å². The van der Waals surface area contributed by atoms with E-state index in [0.29, 0.717) is 41.0 Å². The number of hydrogen-bond acceptors (Lipinski definition) is 6. The second kappa shape index (κ2) is 11.7. The molecule has 1 aliphatic rings. The van der Waals surface area contributed by atoms with Crippen LogP contribution in [0.2, 0.25) is 5.02 Å². The van der Waals surface area contributed by atoms with E-state index >= 15 is 0 Å². The zero-order valence-corrected chi connectivity index (χ0v) is 20.2. The third-order valence-corrected chi connectivity index (χ3v) is 6.76. The summed E-state index contributed by atoms with van der Waals surface area (Å²) in [4.78, 5) is 28.7. The van der Waals surface area contributed by atoms with Crippen LogP contribution in [0.5, 0.6) is 5.75 Å². The van der Waals surface area contributed by atoms with Crippen LogP contribution in [-0.2, 0) is 11.3 Å². The Kier molecular flexibility index (Phi) is 8.41. The van der Waals surface area contributed by atoms with E-state index in [9.17, 15) is 19.8 Å². The zero-order chi connectivity index (χ0) is 24.8. The number of benzene rings is 2. The Bertz CT molecular complexity index is 1210. The third kappa shape index (κ3) is 6.82. The normalized spacial score (nSPS) is 15.8. The van der Waals surface area contributed by atoms with Gasteiger partial charge in [0, 0.05) is 48.6 Å². The molecule has 1 fully saturated rings. The summed E-state index contributed by atoms with van der Waals surface area (Å²) in [7, 11) is 0. The van der Waals surface area contributed by atoms with Crippen molar-refractivity contribution in [2.75, 3.05) is 26.2 Å². The molecule has 9 heteroatoms. The molecule has 0 aliphatic carbocycles. The van der Waals surface area contributed by atoms with E-state index in [1.807, 2.05) is 24.3 Å². The number of hydrogen-bond donors (Lipinski definition) is 5. The van der Waals surface area contributed by atoms with Gasteiger partial charge in [-0.3, -0.25) is 9.59 Å². The van der Waals surface area contributed by atoms with Crippen LogP contribution in [0.25, 0.3) is 10.9 Å². The summed E-state index contributed by atoms with van der Waals surface area (Å²) in [5.74, 6) is 0.0124. The van der Waals surface area contributed by atoms with Gasteiger partial charge in [-0.1, -0.05) is 29.8 Å². The topological polar surface area (TPSA) is 118 Å². The molecule has 35 heavy (non-hydrogen) atoms. The number of amides is 1. The number of phenols is 1. The van der Waals surface area contributed by atoms with E-state index in [-0.39, 0.29) is 23.3 Å². The monoisotopic (exact) mass is 498 g/mol. The average molecular weight is 499 g/mol. The van der Waals surface area contributed by atoms with Gasteiger partial charge in [-0.15, -0.1) is 0 Å². The summed E-state index contributed by atoms with van der Waals surface area (Å²) in [6, 6.07) is 13.9. The Hall–Kier alpha value is -2.91. The second-order valence-corrected chi connectivity index (χ2v) is 9.41. The van der Waals surface area contributed by atoms with Gasteiger partial charge < -0.3 is 30.7 Å². The molecule has 0 saturated carbocycles. The molecule has 1 saturated heterocycles. The van der Waals surface area contributed by atoms with E-state index in [1.165, 1.54) is 12.1 Å². The van der Waals surface area contributed by atoms with Crippen molar-refractivity contribution < 1.29 is 15.0 Å². The molecule has 1 atom stereocenters. The summed E-state index contributed by atoms with van der Waals surface area (Å²) in [5.41, 5.74) is 1.71. The quantitative estimate of drug-likeness (QED) is 0.309. The van der Waals surface area contributed by atoms with Crippen molar-refractivity contribution in [2.24, 2.45) is 0 Å². The van der Waals surface area contributed by atoms with E-state index in [0.717, 1.165) is 38.0 Å². The van der Waals surface area contributed by atoms with Gasteiger partial charge >= 0.3 is 0 Å². The minimum absolute atomic E-state index is 0.0207. The van der Waals surface area contributed by atoms with Gasteiger partial charge in [0.2, 0.25) is 11.5 Å². The molecule has 2 aromatic carbocycles. The van der Waals surface area contributed by atoms with Gasteiger partial charge in [-0.25, -0.2) is 0 Å². The molecule has 2 heterocycles. The SMILES string of the molecule is O=C(CCN1CCC(NC[C@H](O)c2ccc(O)c3[nH]c(=O)ccc23)CC1)NCc1ccc(Cl)cc1. The predicted molar refractivity (Wildman–Crippen MR) is 137 cm³/mol. The Balaban J connectivity index is 1.18. The number of phenolic OH excluding ortho intramolecular Hbond substituents is 1. The summed E-state index contributed by atoms with van der Waals surface area (Å²) in [6.45, 7) is 3.37. The number of aromatic nitrogens is 1. The molecule has 4 rings (SSSR count). The van der Waals surface area contributed by atoms with E-state index in [4.69, 9.17) is 11.6 Å². The van der Waals surface area contributed by atoms with Crippen molar-refractivity contribution in [1.29, 1.82) is 0 Å². The van der Waals surface area contributed by atoms with Crippen LogP contribution in [0.1, 0.15) is 36.5 Å². The van der Waals surface area contributed by atoms with Crippen molar-refractivity contribution in [3.8, 4) is 5.75 Å². The van der Waals surface area contributed by atoms with E-state index in [2.05, 4.69) is 20.5 Å². The first-order valence-electron chi connectivity index (χ1n) is 11.9. The van der Waals surface area contributed by atoms with Crippen LogP contribution in [0.15, 0.2) is 53.3 Å². The first kappa shape index (κ1) is 25.2. The van der Waals surface area contributed by atoms with Crippen LogP contribution in [0.3, 0.4) is 0 Å². The Morgan fingerprint density at radius 2 is 1.86 bits per heavy atom. The highest BCUT2D eigenvalue weighted by molar-refractivity contribution is 6.30. The summed E-state index contributed by atoms with van der Waals surface area (Å²) < 4.78 is 0. The van der Waals surface area contributed by atoms with Crippen molar-refractivity contribution in [3.63, 3.8) is 0 Å². The molecular weight excluding hydrogens is 468 g/mol. The standard InChI is InChI=1S/C26H31ClN4O4/c27-18-3-1-17(2-4-18)15-29-24(34)11-14-31-12-9-19(10-13-31)28-16-23(33)20-5-7-22(32)26-21(20)6-8-25(35)30-26/h1-8,19,23,28,32-33H,9-16H2,(H,29,34)(H,30,35)/t23-/m0/s1. The highest BCUT2D eigenvalue weighted by atomic mass is 35.5. The van der Waals surface area contributed by atoms with Crippen molar-refractivity contribution in [1.82, 2.24) is 20.5 Å². The number of rotatable bonds is 9. The number of aliphatic hydroxyl groups excluding tert-OH is 1. The number of carbonyl (C=O) groups excluding carboxylic acids is 1. The van der Waals surface area contributed by atoms with Crippen molar-refractivity contribution in [3.05, 3.63) is 75.0 Å². The maximum Gasteiger partial charge on any atom is 0.248 e. The molecule has 5 N–H and O–H groups in total. The average Bonchev–Trinajstić information content (AvgIpc) is 2.87. The molecule has 0 spiro atoms. The molecule has 0 bridgehead atoms. The lowest BCUT2D eigenvalue weighted by atomic mass is 10.0. The predicted octanol–water partition coefficient (Wildman–Crippen LogP) is 2.68. The van der Waals surface area contributed by atoms with Crippen LogP contribution < -0.4 is 16.2 Å². The number of H-pyrrole nitrogens is 1. The van der Waals surface area contributed by atoms with Crippen LogP contribution >= 0.6 is 11.6 Å². The van der Waals surface area contributed by atoms with Gasteiger partial charge in [-0.2, -0.15) is 0 Å². The summed E-state index contributed by atoms with van der Waals surface area (Å²) in [5, 5.41) is 28.5. The molecular formula is C26H31ClN4O4. The van der Waals surface area contributed by atoms with Gasteiger partial charge in [0.15, 0.2) is 0 Å². The fraction of sp³-hybridized carbons (Fsp3) is 0.385. The molecule has 1 aromatic heterocycles. The number of pyridine rings is 1. The number of aliphatic hydroxyl groups is 1. The Morgan fingerprint density at radius 1 is 1.11 bits per heavy atom. The van der Waals surface area contributed by atoms with Gasteiger partial charge in [0.25, 0.3) is 0 Å². The Labute approximate surface area is 208 Å². The van der Waals surface area contributed by atoms with Crippen molar-refractivity contribution in [2.45, 2.75) is 38.0 Å². The number of nitrogens with zero attached hydrogens (tertiary/aromatic N) is 1. The minimum atomic E-state index is -0.772. The smallest absolute Gasteiger partial charge is 0.248 e. The first-order chi connectivity index (χ1) is 16.9. The number of fused-ring (bicyclic) bond motifs is 1. The fourth-order valence-corrected chi connectivity index (χ4v) is 4.58. The Morgan fingerprint density at radius 3 is 2.60 bits per heavy atom. The molecule has 186 valence electrons. The maximum absolute atomic E-state index is 12.2. The molecule has 1 aliphatic heterocycles. The number of aromatic amines is 1.